The molecule has 0 fully saturated rings. The number of hydrogen-bond acceptors (Lipinski definition) is 2. The van der Waals surface area contributed by atoms with E-state index < -0.39 is 0 Å². The fourth-order valence-corrected chi connectivity index (χ4v) is 3.05. The van der Waals surface area contributed by atoms with Crippen molar-refractivity contribution in [1.29, 1.82) is 0 Å². The molecule has 0 spiro atoms. The van der Waals surface area contributed by atoms with Crippen molar-refractivity contribution in [2.24, 2.45) is 0 Å². The summed E-state index contributed by atoms with van der Waals surface area (Å²) in [5, 5.41) is 10.1. The van der Waals surface area contributed by atoms with E-state index in [-0.39, 0.29) is 5.75 Å². The van der Waals surface area contributed by atoms with Gasteiger partial charge in [-0.2, -0.15) is 0 Å². The fraction of sp³-hybridized carbons (Fsp3) is 0. The average Bonchev–Trinajstić information content (AvgIpc) is 2.77. The molecule has 0 amide bonds. The van der Waals surface area contributed by atoms with Crippen LogP contribution in [-0.2, 0) is 0 Å². The van der Waals surface area contributed by atoms with Gasteiger partial charge < -0.3 is 10.1 Å². The molecule has 0 aliphatic carbocycles. The SMILES string of the molecule is Oc1c(Br)cc(Br)cc1-c1nc2ccccc2[nH]1. The largest absolute Gasteiger partial charge is 0.506 e. The van der Waals surface area contributed by atoms with Crippen molar-refractivity contribution >= 4 is 42.9 Å². The Morgan fingerprint density at radius 1 is 1.11 bits per heavy atom. The Kier molecular flexibility index (Phi) is 2.87. The third-order valence-corrected chi connectivity index (χ3v) is 3.74. The maximum Gasteiger partial charge on any atom is 0.142 e. The first kappa shape index (κ1) is 11.7. The lowest BCUT2D eigenvalue weighted by Gasteiger charge is -2.04. The molecule has 2 aromatic carbocycles. The number of benzene rings is 2. The molecular formula is C13H8Br2N2O. The van der Waals surface area contributed by atoms with E-state index >= 15 is 0 Å². The van der Waals surface area contributed by atoms with Crippen LogP contribution in [0, 0.1) is 0 Å². The van der Waals surface area contributed by atoms with Gasteiger partial charge >= 0.3 is 0 Å². The molecule has 0 bridgehead atoms. The number of fused-ring (bicyclic) bond motifs is 1. The summed E-state index contributed by atoms with van der Waals surface area (Å²) < 4.78 is 1.51. The minimum Gasteiger partial charge on any atom is -0.506 e. The number of aromatic nitrogens is 2. The Morgan fingerprint density at radius 3 is 2.67 bits per heavy atom. The van der Waals surface area contributed by atoms with Gasteiger partial charge in [-0.15, -0.1) is 0 Å². The number of imidazole rings is 1. The lowest BCUT2D eigenvalue weighted by atomic mass is 10.2. The summed E-state index contributed by atoms with van der Waals surface area (Å²) in [4.78, 5) is 7.66. The predicted octanol–water partition coefficient (Wildman–Crippen LogP) is 4.46. The van der Waals surface area contributed by atoms with Gasteiger partial charge in [0, 0.05) is 4.47 Å². The molecule has 90 valence electrons. The highest BCUT2D eigenvalue weighted by atomic mass is 79.9. The Balaban J connectivity index is 2.26. The summed E-state index contributed by atoms with van der Waals surface area (Å²) in [6.45, 7) is 0. The second-order valence-corrected chi connectivity index (χ2v) is 5.66. The van der Waals surface area contributed by atoms with E-state index in [0.29, 0.717) is 15.9 Å². The number of aromatic hydroxyl groups is 1. The highest BCUT2D eigenvalue weighted by Gasteiger charge is 2.13. The Hall–Kier alpha value is -1.33. The number of rotatable bonds is 1. The minimum atomic E-state index is 0.178. The van der Waals surface area contributed by atoms with Gasteiger partial charge in [-0.05, 0) is 40.2 Å². The summed E-state index contributed by atoms with van der Waals surface area (Å²) in [5.41, 5.74) is 2.48. The van der Waals surface area contributed by atoms with Gasteiger partial charge in [-0.3, -0.25) is 0 Å². The number of halogens is 2. The van der Waals surface area contributed by atoms with Crippen LogP contribution in [-0.4, -0.2) is 15.1 Å². The number of para-hydroxylation sites is 2. The summed E-state index contributed by atoms with van der Waals surface area (Å²) in [6.07, 6.45) is 0. The number of hydrogen-bond donors (Lipinski definition) is 2. The summed E-state index contributed by atoms with van der Waals surface area (Å²) >= 11 is 6.72. The molecule has 3 nitrogen and oxygen atoms in total. The van der Waals surface area contributed by atoms with Crippen molar-refractivity contribution in [3.8, 4) is 17.1 Å². The Morgan fingerprint density at radius 2 is 1.89 bits per heavy atom. The average molecular weight is 368 g/mol. The van der Waals surface area contributed by atoms with Crippen LogP contribution < -0.4 is 0 Å². The molecule has 0 radical (unpaired) electrons. The summed E-state index contributed by atoms with van der Waals surface area (Å²) in [5.74, 6) is 0.827. The van der Waals surface area contributed by atoms with Crippen LogP contribution in [0.2, 0.25) is 0 Å². The molecule has 0 unspecified atom stereocenters. The first-order valence-corrected chi connectivity index (χ1v) is 6.87. The minimum absolute atomic E-state index is 0.178. The molecule has 0 aliphatic heterocycles. The highest BCUT2D eigenvalue weighted by Crippen LogP contribution is 2.37. The molecular weight excluding hydrogens is 360 g/mol. The van der Waals surface area contributed by atoms with Gasteiger partial charge in [0.05, 0.1) is 21.1 Å². The number of H-pyrrole nitrogens is 1. The van der Waals surface area contributed by atoms with Crippen molar-refractivity contribution in [2.75, 3.05) is 0 Å². The lowest BCUT2D eigenvalue weighted by Crippen LogP contribution is -1.83. The second kappa shape index (κ2) is 4.40. The van der Waals surface area contributed by atoms with Gasteiger partial charge in [-0.25, -0.2) is 4.98 Å². The van der Waals surface area contributed by atoms with E-state index in [0.717, 1.165) is 15.5 Å². The number of nitrogens with one attached hydrogen (secondary N) is 1. The first-order chi connectivity index (χ1) is 8.65. The van der Waals surface area contributed by atoms with Gasteiger partial charge in [0.2, 0.25) is 0 Å². The first-order valence-electron chi connectivity index (χ1n) is 5.28. The van der Waals surface area contributed by atoms with Crippen molar-refractivity contribution < 1.29 is 5.11 Å². The number of nitrogens with zero attached hydrogens (tertiary/aromatic N) is 1. The zero-order chi connectivity index (χ0) is 12.7. The predicted molar refractivity (Wildman–Crippen MR) is 78.6 cm³/mol. The second-order valence-electron chi connectivity index (χ2n) is 3.89. The van der Waals surface area contributed by atoms with Crippen molar-refractivity contribution in [1.82, 2.24) is 9.97 Å². The topological polar surface area (TPSA) is 48.9 Å². The maximum absolute atomic E-state index is 10.1. The monoisotopic (exact) mass is 366 g/mol. The van der Waals surface area contributed by atoms with Crippen molar-refractivity contribution in [3.05, 3.63) is 45.3 Å². The van der Waals surface area contributed by atoms with E-state index in [4.69, 9.17) is 0 Å². The third-order valence-electron chi connectivity index (χ3n) is 2.67. The Bertz CT molecular complexity index is 704. The number of aromatic amines is 1. The van der Waals surface area contributed by atoms with E-state index in [1.165, 1.54) is 0 Å². The maximum atomic E-state index is 10.1. The van der Waals surface area contributed by atoms with Crippen LogP contribution in [0.1, 0.15) is 0 Å². The van der Waals surface area contributed by atoms with E-state index in [1.54, 1.807) is 6.07 Å². The van der Waals surface area contributed by atoms with E-state index in [9.17, 15) is 5.11 Å². The smallest absolute Gasteiger partial charge is 0.142 e. The molecule has 0 saturated carbocycles. The molecule has 1 heterocycles. The van der Waals surface area contributed by atoms with Crippen LogP contribution in [0.5, 0.6) is 5.75 Å². The molecule has 5 heteroatoms. The van der Waals surface area contributed by atoms with Crippen LogP contribution >= 0.6 is 31.9 Å². The lowest BCUT2D eigenvalue weighted by molar-refractivity contribution is 0.473. The Labute approximate surface area is 120 Å². The molecule has 0 aliphatic rings. The highest BCUT2D eigenvalue weighted by molar-refractivity contribution is 9.11. The van der Waals surface area contributed by atoms with Gasteiger partial charge in [0.1, 0.15) is 11.6 Å². The van der Waals surface area contributed by atoms with E-state index in [1.807, 2.05) is 30.3 Å². The molecule has 2 N–H and O–H groups in total. The van der Waals surface area contributed by atoms with Crippen LogP contribution in [0.15, 0.2) is 45.3 Å². The van der Waals surface area contributed by atoms with Crippen LogP contribution in [0.25, 0.3) is 22.4 Å². The zero-order valence-corrected chi connectivity index (χ0v) is 12.3. The van der Waals surface area contributed by atoms with Crippen molar-refractivity contribution in [2.45, 2.75) is 0 Å². The molecule has 0 saturated heterocycles. The van der Waals surface area contributed by atoms with Crippen molar-refractivity contribution in [3.63, 3.8) is 0 Å². The fourth-order valence-electron chi connectivity index (χ4n) is 1.83. The third kappa shape index (κ3) is 1.93. The molecule has 0 atom stereocenters. The molecule has 3 rings (SSSR count). The molecule has 18 heavy (non-hydrogen) atoms. The van der Waals surface area contributed by atoms with E-state index in [2.05, 4.69) is 41.8 Å². The van der Waals surface area contributed by atoms with Gasteiger partial charge in [0.15, 0.2) is 0 Å². The van der Waals surface area contributed by atoms with Gasteiger partial charge in [-0.1, -0.05) is 28.1 Å². The normalized spacial score (nSPS) is 11.0. The molecule has 3 aromatic rings. The summed E-state index contributed by atoms with van der Waals surface area (Å²) in [6, 6.07) is 11.4. The van der Waals surface area contributed by atoms with Crippen LogP contribution in [0.4, 0.5) is 0 Å². The number of phenolic OH excluding ortho intramolecular Hbond substituents is 1. The summed E-state index contributed by atoms with van der Waals surface area (Å²) in [7, 11) is 0. The number of phenols is 1. The zero-order valence-electron chi connectivity index (χ0n) is 9.11. The standard InChI is InChI=1S/C13H8Br2N2O/c14-7-5-8(12(18)9(15)6-7)13-16-10-3-1-2-4-11(10)17-13/h1-6,18H,(H,16,17). The quantitative estimate of drug-likeness (QED) is 0.667. The van der Waals surface area contributed by atoms with Crippen LogP contribution in [0.3, 0.4) is 0 Å². The molecule has 1 aromatic heterocycles. The van der Waals surface area contributed by atoms with Gasteiger partial charge in [0.25, 0.3) is 0 Å².